The van der Waals surface area contributed by atoms with Gasteiger partial charge in [0.25, 0.3) is 5.91 Å². The topological polar surface area (TPSA) is 71.0 Å². The number of rotatable bonds is 7. The molecule has 1 unspecified atom stereocenters. The monoisotopic (exact) mass is 393 g/mol. The van der Waals surface area contributed by atoms with Gasteiger partial charge in [-0.1, -0.05) is 12.1 Å². The first kappa shape index (κ1) is 20.4. The van der Waals surface area contributed by atoms with Crippen molar-refractivity contribution in [3.8, 4) is 11.4 Å². The first-order valence-electron chi connectivity index (χ1n) is 9.54. The standard InChI is InChI=1S/C22H24FN5O/c1-4-28(16(3)14-27-19-10-9-15(2)13-26-19)22(29)17-7-5-8-18(23)20(17)21-24-11-6-12-25-21/h5-13,16H,4,14H2,1-3H3,(H,26,27). The van der Waals surface area contributed by atoms with E-state index in [0.29, 0.717) is 13.1 Å². The zero-order valence-corrected chi connectivity index (χ0v) is 16.8. The normalized spacial score (nSPS) is 11.7. The van der Waals surface area contributed by atoms with Crippen LogP contribution in [0.25, 0.3) is 11.4 Å². The summed E-state index contributed by atoms with van der Waals surface area (Å²) in [5.41, 5.74) is 1.45. The summed E-state index contributed by atoms with van der Waals surface area (Å²) in [4.78, 5) is 27.5. The first-order valence-corrected chi connectivity index (χ1v) is 9.54. The molecule has 7 heteroatoms. The Kier molecular flexibility index (Phi) is 6.49. The van der Waals surface area contributed by atoms with Crippen LogP contribution in [-0.2, 0) is 0 Å². The summed E-state index contributed by atoms with van der Waals surface area (Å²) in [6, 6.07) is 9.84. The van der Waals surface area contributed by atoms with Crippen LogP contribution in [0, 0.1) is 12.7 Å². The van der Waals surface area contributed by atoms with Gasteiger partial charge < -0.3 is 10.2 Å². The van der Waals surface area contributed by atoms with Crippen LogP contribution in [0.15, 0.2) is 55.0 Å². The van der Waals surface area contributed by atoms with Crippen molar-refractivity contribution in [3.63, 3.8) is 0 Å². The molecule has 3 rings (SSSR count). The van der Waals surface area contributed by atoms with Crippen molar-refractivity contribution >= 4 is 11.7 Å². The van der Waals surface area contributed by atoms with Crippen molar-refractivity contribution < 1.29 is 9.18 Å². The molecule has 0 radical (unpaired) electrons. The Balaban J connectivity index is 1.82. The molecule has 6 nitrogen and oxygen atoms in total. The zero-order chi connectivity index (χ0) is 20.8. The van der Waals surface area contributed by atoms with Gasteiger partial charge in [-0.3, -0.25) is 4.79 Å². The number of likely N-dealkylation sites (N-methyl/N-ethyl adjacent to an activating group) is 1. The van der Waals surface area contributed by atoms with Crippen molar-refractivity contribution in [1.29, 1.82) is 0 Å². The summed E-state index contributed by atoms with van der Waals surface area (Å²) in [5, 5.41) is 3.25. The molecule has 1 amide bonds. The van der Waals surface area contributed by atoms with Gasteiger partial charge in [-0.15, -0.1) is 0 Å². The highest BCUT2D eigenvalue weighted by Crippen LogP contribution is 2.25. The Morgan fingerprint density at radius 1 is 1.14 bits per heavy atom. The second kappa shape index (κ2) is 9.23. The van der Waals surface area contributed by atoms with Gasteiger partial charge in [0.2, 0.25) is 0 Å². The lowest BCUT2D eigenvalue weighted by Gasteiger charge is -2.29. The average Bonchev–Trinajstić information content (AvgIpc) is 2.74. The molecule has 2 heterocycles. The number of halogens is 1. The number of amides is 1. The molecule has 0 aliphatic heterocycles. The summed E-state index contributed by atoms with van der Waals surface area (Å²) in [5.74, 6) is 0.156. The molecule has 29 heavy (non-hydrogen) atoms. The zero-order valence-electron chi connectivity index (χ0n) is 16.8. The van der Waals surface area contributed by atoms with Crippen molar-refractivity contribution in [3.05, 3.63) is 71.9 Å². The summed E-state index contributed by atoms with van der Waals surface area (Å²) in [7, 11) is 0. The predicted octanol–water partition coefficient (Wildman–Crippen LogP) is 3.95. The lowest BCUT2D eigenvalue weighted by atomic mass is 10.0. The largest absolute Gasteiger partial charge is 0.368 e. The van der Waals surface area contributed by atoms with E-state index in [1.807, 2.05) is 32.9 Å². The minimum Gasteiger partial charge on any atom is -0.368 e. The molecule has 0 saturated heterocycles. The Bertz CT molecular complexity index is 963. The lowest BCUT2D eigenvalue weighted by Crippen LogP contribution is -2.42. The van der Waals surface area contributed by atoms with Gasteiger partial charge in [0.05, 0.1) is 11.1 Å². The molecule has 150 valence electrons. The Morgan fingerprint density at radius 2 is 1.90 bits per heavy atom. The van der Waals surface area contributed by atoms with Gasteiger partial charge in [0.15, 0.2) is 5.82 Å². The fourth-order valence-corrected chi connectivity index (χ4v) is 3.10. The maximum atomic E-state index is 14.6. The number of nitrogens with one attached hydrogen (secondary N) is 1. The quantitative estimate of drug-likeness (QED) is 0.658. The molecule has 1 atom stereocenters. The van der Waals surface area contributed by atoms with Crippen molar-refractivity contribution in [1.82, 2.24) is 19.9 Å². The van der Waals surface area contributed by atoms with Gasteiger partial charge in [0, 0.05) is 37.7 Å². The minimum atomic E-state index is -0.521. The van der Waals surface area contributed by atoms with Gasteiger partial charge in [0.1, 0.15) is 11.6 Å². The van der Waals surface area contributed by atoms with E-state index in [1.54, 1.807) is 23.2 Å². The van der Waals surface area contributed by atoms with Crippen LogP contribution in [0.5, 0.6) is 0 Å². The van der Waals surface area contributed by atoms with Crippen LogP contribution in [0.4, 0.5) is 10.2 Å². The molecule has 0 spiro atoms. The molecule has 2 aromatic heterocycles. The highest BCUT2D eigenvalue weighted by Gasteiger charge is 2.25. The van der Waals surface area contributed by atoms with Crippen molar-refractivity contribution in [2.45, 2.75) is 26.8 Å². The third-order valence-corrected chi connectivity index (χ3v) is 4.66. The van der Waals surface area contributed by atoms with Crippen LogP contribution < -0.4 is 5.32 Å². The molecule has 3 aromatic rings. The van der Waals surface area contributed by atoms with Gasteiger partial charge in [-0.25, -0.2) is 19.3 Å². The maximum absolute atomic E-state index is 14.6. The summed E-state index contributed by atoms with van der Waals surface area (Å²) < 4.78 is 14.6. The fraction of sp³-hybridized carbons (Fsp3) is 0.273. The number of aryl methyl sites for hydroxylation is 1. The third-order valence-electron chi connectivity index (χ3n) is 4.66. The number of anilines is 1. The molecule has 1 N–H and O–H groups in total. The van der Waals surface area contributed by atoms with E-state index >= 15 is 0 Å². The molecule has 0 fully saturated rings. The SMILES string of the molecule is CCN(C(=O)c1cccc(F)c1-c1ncccn1)C(C)CNc1ccc(C)cn1. The highest BCUT2D eigenvalue weighted by molar-refractivity contribution is 6.00. The van der Waals surface area contributed by atoms with Gasteiger partial charge >= 0.3 is 0 Å². The highest BCUT2D eigenvalue weighted by atomic mass is 19.1. The Morgan fingerprint density at radius 3 is 2.55 bits per heavy atom. The predicted molar refractivity (Wildman–Crippen MR) is 111 cm³/mol. The van der Waals surface area contributed by atoms with E-state index in [2.05, 4.69) is 20.3 Å². The molecule has 0 aliphatic carbocycles. The Hall–Kier alpha value is -3.35. The smallest absolute Gasteiger partial charge is 0.255 e. The third kappa shape index (κ3) is 4.74. The van der Waals surface area contributed by atoms with Crippen molar-refractivity contribution in [2.75, 3.05) is 18.4 Å². The number of benzene rings is 1. The summed E-state index contributed by atoms with van der Waals surface area (Å²) in [6.45, 7) is 6.82. The molecular weight excluding hydrogens is 369 g/mol. The molecule has 0 aliphatic rings. The molecule has 0 saturated carbocycles. The fourth-order valence-electron chi connectivity index (χ4n) is 3.10. The van der Waals surface area contributed by atoms with E-state index in [0.717, 1.165) is 11.4 Å². The van der Waals surface area contributed by atoms with E-state index in [-0.39, 0.29) is 28.9 Å². The second-order valence-corrected chi connectivity index (χ2v) is 6.78. The number of hydrogen-bond donors (Lipinski definition) is 1. The van der Waals surface area contributed by atoms with Crippen LogP contribution in [0.2, 0.25) is 0 Å². The van der Waals surface area contributed by atoms with Crippen LogP contribution >= 0.6 is 0 Å². The summed E-state index contributed by atoms with van der Waals surface area (Å²) >= 11 is 0. The second-order valence-electron chi connectivity index (χ2n) is 6.78. The van der Waals surface area contributed by atoms with E-state index in [9.17, 15) is 9.18 Å². The van der Waals surface area contributed by atoms with Gasteiger partial charge in [-0.2, -0.15) is 0 Å². The van der Waals surface area contributed by atoms with Crippen LogP contribution in [-0.4, -0.2) is 44.9 Å². The first-order chi connectivity index (χ1) is 14.0. The average molecular weight is 393 g/mol. The van der Waals surface area contributed by atoms with Crippen LogP contribution in [0.1, 0.15) is 29.8 Å². The number of carbonyl (C=O) groups is 1. The van der Waals surface area contributed by atoms with E-state index in [4.69, 9.17) is 0 Å². The van der Waals surface area contributed by atoms with E-state index < -0.39 is 5.82 Å². The minimum absolute atomic E-state index is 0.122. The van der Waals surface area contributed by atoms with E-state index in [1.165, 1.54) is 24.5 Å². The number of nitrogens with zero attached hydrogens (tertiary/aromatic N) is 4. The number of carbonyl (C=O) groups excluding carboxylic acids is 1. The summed E-state index contributed by atoms with van der Waals surface area (Å²) in [6.07, 6.45) is 4.85. The molecular formula is C22H24FN5O. The number of aromatic nitrogens is 3. The lowest BCUT2D eigenvalue weighted by molar-refractivity contribution is 0.0712. The molecule has 0 bridgehead atoms. The molecule has 1 aromatic carbocycles. The Labute approximate surface area is 169 Å². The number of pyridine rings is 1. The van der Waals surface area contributed by atoms with Crippen LogP contribution in [0.3, 0.4) is 0 Å². The van der Waals surface area contributed by atoms with Crippen molar-refractivity contribution in [2.24, 2.45) is 0 Å². The maximum Gasteiger partial charge on any atom is 0.255 e. The van der Waals surface area contributed by atoms with Gasteiger partial charge in [-0.05, 0) is 50.6 Å². The number of hydrogen-bond acceptors (Lipinski definition) is 5.